The quantitative estimate of drug-likeness (QED) is 0.794. The molecule has 0 aliphatic carbocycles. The molecule has 0 saturated carbocycles. The van der Waals surface area contributed by atoms with Crippen molar-refractivity contribution in [2.45, 2.75) is 31.8 Å². The van der Waals surface area contributed by atoms with Gasteiger partial charge in [0.1, 0.15) is 24.9 Å². The number of rotatable bonds is 5. The molecule has 0 radical (unpaired) electrons. The molecule has 144 valence electrons. The van der Waals surface area contributed by atoms with Crippen molar-refractivity contribution >= 4 is 11.8 Å². The van der Waals surface area contributed by atoms with Crippen LogP contribution in [0.5, 0.6) is 5.75 Å². The lowest BCUT2D eigenvalue weighted by molar-refractivity contribution is -0.132. The first kappa shape index (κ1) is 18.9. The minimum Gasteiger partial charge on any atom is -0.497 e. The Morgan fingerprint density at radius 2 is 2.15 bits per heavy atom. The Bertz CT molecular complexity index is 777. The fraction of sp³-hybridized carbons (Fsp3) is 0.474. The third kappa shape index (κ3) is 4.64. The summed E-state index contributed by atoms with van der Waals surface area (Å²) in [6, 6.07) is 7.29. The van der Waals surface area contributed by atoms with Crippen LogP contribution in [0, 0.1) is 0 Å². The summed E-state index contributed by atoms with van der Waals surface area (Å²) in [7, 11) is 3.42. The normalized spacial score (nSPS) is 17.3. The number of likely N-dealkylation sites (tertiary alicyclic amines) is 1. The van der Waals surface area contributed by atoms with E-state index in [1.165, 1.54) is 11.0 Å². The van der Waals surface area contributed by atoms with Crippen molar-refractivity contribution in [3.8, 4) is 5.75 Å². The average Bonchev–Trinajstić information content (AvgIpc) is 3.08. The Morgan fingerprint density at radius 3 is 2.89 bits per heavy atom. The van der Waals surface area contributed by atoms with Crippen LogP contribution in [0.4, 0.5) is 0 Å². The maximum Gasteiger partial charge on any atom is 0.253 e. The lowest BCUT2D eigenvalue weighted by atomic mass is 10.1. The zero-order chi connectivity index (χ0) is 19.2. The van der Waals surface area contributed by atoms with Crippen molar-refractivity contribution in [2.24, 2.45) is 0 Å². The molecular weight excluding hydrogens is 346 g/mol. The summed E-state index contributed by atoms with van der Waals surface area (Å²) in [5.41, 5.74) is 0.611. The van der Waals surface area contributed by atoms with Gasteiger partial charge in [0.2, 0.25) is 5.91 Å². The molecule has 27 heavy (non-hydrogen) atoms. The molecule has 2 amide bonds. The lowest BCUT2D eigenvalue weighted by Crippen LogP contribution is -2.39. The average molecular weight is 371 g/mol. The minimum atomic E-state index is -0.0266. The second kappa shape index (κ2) is 8.66. The van der Waals surface area contributed by atoms with E-state index in [1.807, 2.05) is 24.1 Å². The molecule has 0 N–H and O–H groups in total. The van der Waals surface area contributed by atoms with Gasteiger partial charge in [-0.3, -0.25) is 9.59 Å². The van der Waals surface area contributed by atoms with Gasteiger partial charge in [0.15, 0.2) is 0 Å². The Balaban J connectivity index is 1.59. The van der Waals surface area contributed by atoms with Gasteiger partial charge in [-0.05, 0) is 37.5 Å². The number of carbonyl (C=O) groups excluding carboxylic acids is 2. The molecule has 1 aromatic carbocycles. The molecule has 0 bridgehead atoms. The van der Waals surface area contributed by atoms with Crippen molar-refractivity contribution in [1.82, 2.24) is 24.6 Å². The summed E-state index contributed by atoms with van der Waals surface area (Å²) >= 11 is 0. The number of aromatic nitrogens is 3. The van der Waals surface area contributed by atoms with E-state index >= 15 is 0 Å². The molecule has 8 nitrogen and oxygen atoms in total. The zero-order valence-corrected chi connectivity index (χ0v) is 15.7. The molecule has 1 aliphatic heterocycles. The van der Waals surface area contributed by atoms with Gasteiger partial charge in [-0.15, -0.1) is 0 Å². The predicted molar refractivity (Wildman–Crippen MR) is 99.3 cm³/mol. The van der Waals surface area contributed by atoms with Crippen LogP contribution < -0.4 is 4.74 Å². The molecule has 1 aromatic heterocycles. The third-order valence-electron chi connectivity index (χ3n) is 5.00. The van der Waals surface area contributed by atoms with E-state index in [4.69, 9.17) is 4.74 Å². The van der Waals surface area contributed by atoms with Crippen molar-refractivity contribution in [1.29, 1.82) is 0 Å². The van der Waals surface area contributed by atoms with Gasteiger partial charge in [0, 0.05) is 31.7 Å². The van der Waals surface area contributed by atoms with E-state index < -0.39 is 0 Å². The molecule has 2 aromatic rings. The molecule has 3 rings (SSSR count). The van der Waals surface area contributed by atoms with Crippen LogP contribution in [0.1, 0.15) is 29.6 Å². The van der Waals surface area contributed by atoms with Gasteiger partial charge in [-0.1, -0.05) is 6.07 Å². The van der Waals surface area contributed by atoms with E-state index in [1.54, 1.807) is 30.5 Å². The summed E-state index contributed by atoms with van der Waals surface area (Å²) < 4.78 is 6.74. The molecule has 1 fully saturated rings. The summed E-state index contributed by atoms with van der Waals surface area (Å²) in [4.78, 5) is 32.8. The number of methoxy groups -OCH3 is 1. The number of hydrogen-bond acceptors (Lipinski definition) is 5. The topological polar surface area (TPSA) is 80.6 Å². The first-order valence-corrected chi connectivity index (χ1v) is 9.10. The highest BCUT2D eigenvalue weighted by atomic mass is 16.5. The van der Waals surface area contributed by atoms with E-state index in [0.717, 1.165) is 19.3 Å². The van der Waals surface area contributed by atoms with Gasteiger partial charge < -0.3 is 14.5 Å². The van der Waals surface area contributed by atoms with Crippen LogP contribution >= 0.6 is 0 Å². The Morgan fingerprint density at radius 1 is 1.30 bits per heavy atom. The summed E-state index contributed by atoms with van der Waals surface area (Å²) in [6.45, 7) is 1.53. The van der Waals surface area contributed by atoms with Crippen LogP contribution in [0.25, 0.3) is 0 Å². The van der Waals surface area contributed by atoms with E-state index in [2.05, 4.69) is 10.1 Å². The number of ether oxygens (including phenoxy) is 1. The van der Waals surface area contributed by atoms with Crippen LogP contribution in [0.2, 0.25) is 0 Å². The SMILES string of the molecule is COc1cccc(C(=O)N(C)C2CCCN(C(=O)Cn3cncn3)CC2)c1. The molecule has 2 heterocycles. The summed E-state index contributed by atoms with van der Waals surface area (Å²) in [5, 5.41) is 3.98. The number of amides is 2. The van der Waals surface area contributed by atoms with Gasteiger partial charge in [-0.2, -0.15) is 5.10 Å². The van der Waals surface area contributed by atoms with Gasteiger partial charge in [-0.25, -0.2) is 9.67 Å². The van der Waals surface area contributed by atoms with E-state index in [-0.39, 0.29) is 24.4 Å². The number of benzene rings is 1. The Labute approximate surface area is 158 Å². The van der Waals surface area contributed by atoms with Crippen molar-refractivity contribution in [3.05, 3.63) is 42.5 Å². The lowest BCUT2D eigenvalue weighted by Gasteiger charge is -2.27. The second-order valence-electron chi connectivity index (χ2n) is 6.71. The molecule has 1 atom stereocenters. The number of hydrogen-bond donors (Lipinski definition) is 0. The first-order valence-electron chi connectivity index (χ1n) is 9.10. The summed E-state index contributed by atoms with van der Waals surface area (Å²) in [5.74, 6) is 0.671. The smallest absolute Gasteiger partial charge is 0.253 e. The number of nitrogens with zero attached hydrogens (tertiary/aromatic N) is 5. The van der Waals surface area contributed by atoms with Gasteiger partial charge in [0.25, 0.3) is 5.91 Å². The number of carbonyl (C=O) groups is 2. The molecule has 8 heteroatoms. The van der Waals surface area contributed by atoms with Crippen LogP contribution in [-0.2, 0) is 11.3 Å². The molecule has 0 spiro atoms. The van der Waals surface area contributed by atoms with Crippen LogP contribution in [-0.4, -0.2) is 69.7 Å². The Kier molecular flexibility index (Phi) is 6.05. The van der Waals surface area contributed by atoms with Crippen LogP contribution in [0.3, 0.4) is 0 Å². The third-order valence-corrected chi connectivity index (χ3v) is 5.00. The second-order valence-corrected chi connectivity index (χ2v) is 6.71. The molecule has 1 unspecified atom stereocenters. The van der Waals surface area contributed by atoms with E-state index in [0.29, 0.717) is 24.4 Å². The molecule has 1 aliphatic rings. The minimum absolute atomic E-state index is 0.0266. The highest BCUT2D eigenvalue weighted by Crippen LogP contribution is 2.20. The van der Waals surface area contributed by atoms with Gasteiger partial charge >= 0.3 is 0 Å². The largest absolute Gasteiger partial charge is 0.497 e. The highest BCUT2D eigenvalue weighted by molar-refractivity contribution is 5.94. The first-order chi connectivity index (χ1) is 13.1. The monoisotopic (exact) mass is 371 g/mol. The predicted octanol–water partition coefficient (Wildman–Crippen LogP) is 1.44. The van der Waals surface area contributed by atoms with Crippen LogP contribution in [0.15, 0.2) is 36.9 Å². The van der Waals surface area contributed by atoms with Gasteiger partial charge in [0.05, 0.1) is 7.11 Å². The molecular formula is C19H25N5O3. The fourth-order valence-corrected chi connectivity index (χ4v) is 3.39. The van der Waals surface area contributed by atoms with Crippen molar-refractivity contribution in [3.63, 3.8) is 0 Å². The molecule has 1 saturated heterocycles. The fourth-order valence-electron chi connectivity index (χ4n) is 3.39. The Hall–Kier alpha value is -2.90. The zero-order valence-electron chi connectivity index (χ0n) is 15.7. The maximum absolute atomic E-state index is 12.8. The van der Waals surface area contributed by atoms with Crippen molar-refractivity contribution < 1.29 is 14.3 Å². The standard InChI is InChI=1S/C19H25N5O3/c1-22(19(26)15-5-3-7-17(11-15)27-2)16-6-4-9-23(10-8-16)18(25)12-24-14-20-13-21-24/h3,5,7,11,13-14,16H,4,6,8-10,12H2,1-2H3. The van der Waals surface area contributed by atoms with Crippen molar-refractivity contribution in [2.75, 3.05) is 27.2 Å². The van der Waals surface area contributed by atoms with E-state index in [9.17, 15) is 9.59 Å². The highest BCUT2D eigenvalue weighted by Gasteiger charge is 2.26. The summed E-state index contributed by atoms with van der Waals surface area (Å²) in [6.07, 6.45) is 5.46. The maximum atomic E-state index is 12.8.